The molecule has 4 nitrogen and oxygen atoms in total. The molecule has 0 aliphatic heterocycles. The van der Waals surface area contributed by atoms with Gasteiger partial charge in [-0.05, 0) is 161 Å². The number of methoxy groups -OCH3 is 3. The van der Waals surface area contributed by atoms with Crippen LogP contribution in [0.5, 0.6) is 17.2 Å². The van der Waals surface area contributed by atoms with Crippen molar-refractivity contribution in [2.45, 2.75) is 119 Å². The van der Waals surface area contributed by atoms with E-state index in [-0.39, 0.29) is 29.7 Å². The summed E-state index contributed by atoms with van der Waals surface area (Å²) in [5.41, 5.74) is 24.7. The van der Waals surface area contributed by atoms with E-state index in [1.165, 1.54) is 77.9 Å². The first-order valence-electron chi connectivity index (χ1n) is 13.3. The maximum absolute atomic E-state index is 5.73. The van der Waals surface area contributed by atoms with Gasteiger partial charge in [-0.1, -0.05) is 29.7 Å². The predicted molar refractivity (Wildman–Crippen MR) is 190 cm³/mol. The van der Waals surface area contributed by atoms with Gasteiger partial charge in [0, 0.05) is 12.1 Å². The molecule has 0 atom stereocenters. The maximum Gasteiger partial charge on any atom is 0.126 e. The average molecular weight is 584 g/mol. The Hall–Kier alpha value is -2.98. The first kappa shape index (κ1) is 43.5. The third kappa shape index (κ3) is 7.32. The summed E-state index contributed by atoms with van der Waals surface area (Å²) in [4.78, 5) is 0. The Kier molecular flexibility index (Phi) is 17.8. The van der Waals surface area contributed by atoms with Gasteiger partial charge in [-0.2, -0.15) is 0 Å². The average Bonchev–Trinajstić information content (AvgIpc) is 2.90. The summed E-state index contributed by atoms with van der Waals surface area (Å²) in [6.45, 7) is 26.4. The minimum absolute atomic E-state index is 0. The SMILES string of the molecule is C.C.C.C.COc1c(C)c(C)c(-c2c(C)c(C)c(OC)c(C)c2C)c(C)c1C.COc1c(C)c(C)c(C)c(C)c1CN. The van der Waals surface area contributed by atoms with Crippen LogP contribution in [0.2, 0.25) is 0 Å². The van der Waals surface area contributed by atoms with Gasteiger partial charge in [0.05, 0.1) is 21.3 Å². The van der Waals surface area contributed by atoms with E-state index in [0.29, 0.717) is 6.54 Å². The molecule has 0 amide bonds. The number of nitrogens with two attached hydrogens (primary N) is 1. The van der Waals surface area contributed by atoms with Crippen molar-refractivity contribution < 1.29 is 14.2 Å². The van der Waals surface area contributed by atoms with Gasteiger partial charge in [0.25, 0.3) is 0 Å². The van der Waals surface area contributed by atoms with Crippen LogP contribution in [0.25, 0.3) is 11.1 Å². The zero-order valence-electron chi connectivity index (χ0n) is 26.5. The number of hydrogen-bond acceptors (Lipinski definition) is 4. The number of rotatable bonds is 5. The van der Waals surface area contributed by atoms with Crippen LogP contribution in [0.15, 0.2) is 0 Å². The minimum Gasteiger partial charge on any atom is -0.496 e. The molecule has 0 aromatic heterocycles. The van der Waals surface area contributed by atoms with E-state index < -0.39 is 0 Å². The number of ether oxygens (including phenoxy) is 3. The van der Waals surface area contributed by atoms with Gasteiger partial charge >= 0.3 is 0 Å². The van der Waals surface area contributed by atoms with Crippen LogP contribution in [-0.2, 0) is 6.54 Å². The zero-order valence-corrected chi connectivity index (χ0v) is 26.5. The zero-order chi connectivity index (χ0) is 29.2. The van der Waals surface area contributed by atoms with Crippen molar-refractivity contribution in [3.63, 3.8) is 0 Å². The fraction of sp³-hybridized carbons (Fsp3) is 0.526. The van der Waals surface area contributed by atoms with E-state index in [1.54, 1.807) is 21.3 Å². The molecule has 0 aliphatic rings. The van der Waals surface area contributed by atoms with Crippen LogP contribution in [0.4, 0.5) is 0 Å². The smallest absolute Gasteiger partial charge is 0.126 e. The van der Waals surface area contributed by atoms with Crippen LogP contribution in [0.3, 0.4) is 0 Å². The highest BCUT2D eigenvalue weighted by molar-refractivity contribution is 5.82. The Morgan fingerprint density at radius 3 is 0.833 bits per heavy atom. The molecule has 0 heterocycles. The predicted octanol–water partition coefficient (Wildman–Crippen LogP) is 10.8. The summed E-state index contributed by atoms with van der Waals surface area (Å²) in [5, 5.41) is 0. The van der Waals surface area contributed by atoms with E-state index in [1.807, 2.05) is 0 Å². The van der Waals surface area contributed by atoms with Crippen molar-refractivity contribution in [1.29, 1.82) is 0 Å². The molecule has 0 saturated carbocycles. The second kappa shape index (κ2) is 17.2. The minimum atomic E-state index is 0. The van der Waals surface area contributed by atoms with E-state index in [9.17, 15) is 0 Å². The van der Waals surface area contributed by atoms with Gasteiger partial charge in [-0.15, -0.1) is 0 Å². The highest BCUT2D eigenvalue weighted by Crippen LogP contribution is 2.44. The van der Waals surface area contributed by atoms with E-state index in [4.69, 9.17) is 19.9 Å². The van der Waals surface area contributed by atoms with Crippen LogP contribution in [0.1, 0.15) is 102 Å². The summed E-state index contributed by atoms with van der Waals surface area (Å²) in [6.07, 6.45) is 0. The molecule has 0 spiro atoms. The van der Waals surface area contributed by atoms with Gasteiger partial charge in [0.2, 0.25) is 0 Å². The summed E-state index contributed by atoms with van der Waals surface area (Å²) in [7, 11) is 5.22. The quantitative estimate of drug-likeness (QED) is 0.324. The second-order valence-electron chi connectivity index (χ2n) is 10.5. The molecule has 2 N–H and O–H groups in total. The molecule has 0 bridgehead atoms. The van der Waals surface area contributed by atoms with Crippen molar-refractivity contribution in [2.75, 3.05) is 21.3 Å². The monoisotopic (exact) mass is 583 g/mol. The van der Waals surface area contributed by atoms with E-state index in [0.717, 1.165) is 22.8 Å². The largest absolute Gasteiger partial charge is 0.496 e. The Morgan fingerprint density at radius 2 is 0.595 bits per heavy atom. The highest BCUT2D eigenvalue weighted by atomic mass is 16.5. The van der Waals surface area contributed by atoms with Crippen molar-refractivity contribution in [1.82, 2.24) is 0 Å². The first-order valence-corrected chi connectivity index (χ1v) is 13.3. The molecule has 0 aliphatic carbocycles. The molecule has 3 rings (SSSR count). The van der Waals surface area contributed by atoms with Gasteiger partial charge < -0.3 is 19.9 Å². The molecular weight excluding hydrogens is 518 g/mol. The lowest BCUT2D eigenvalue weighted by molar-refractivity contribution is 0.405. The Balaban J connectivity index is -0.000000737. The van der Waals surface area contributed by atoms with Crippen molar-refractivity contribution >= 4 is 0 Å². The molecule has 240 valence electrons. The normalized spacial score (nSPS) is 9.71. The van der Waals surface area contributed by atoms with Crippen LogP contribution >= 0.6 is 0 Å². The van der Waals surface area contributed by atoms with Crippen LogP contribution < -0.4 is 19.9 Å². The summed E-state index contributed by atoms with van der Waals surface area (Å²) < 4.78 is 16.7. The van der Waals surface area contributed by atoms with Gasteiger partial charge in [-0.25, -0.2) is 0 Å². The maximum atomic E-state index is 5.73. The van der Waals surface area contributed by atoms with Crippen LogP contribution in [-0.4, -0.2) is 21.3 Å². The van der Waals surface area contributed by atoms with Crippen molar-refractivity contribution in [2.24, 2.45) is 5.73 Å². The summed E-state index contributed by atoms with van der Waals surface area (Å²) in [5.74, 6) is 2.96. The lowest BCUT2D eigenvalue weighted by Crippen LogP contribution is -2.07. The lowest BCUT2D eigenvalue weighted by Gasteiger charge is -2.25. The third-order valence-corrected chi connectivity index (χ3v) is 8.93. The number of benzene rings is 3. The fourth-order valence-corrected chi connectivity index (χ4v) is 5.80. The molecule has 3 aromatic rings. The van der Waals surface area contributed by atoms with Gasteiger partial charge in [-0.3, -0.25) is 0 Å². The van der Waals surface area contributed by atoms with E-state index >= 15 is 0 Å². The molecule has 0 radical (unpaired) electrons. The van der Waals surface area contributed by atoms with E-state index in [2.05, 4.69) is 83.1 Å². The molecule has 3 aromatic carbocycles. The standard InChI is InChI=1S/C22H30O2.C12H19NO.4CH4/c1-11-15(5)21(23-9)16(6)12(2)19(11)20-13(3)17(7)22(24-10)18(8)14(20)4;1-7-8(2)10(4)12(14-5)11(6-13)9(7)3;;;;/h1-10H3;6,13H2,1-5H3;4*1H4. The van der Waals surface area contributed by atoms with Crippen molar-refractivity contribution in [3.05, 3.63) is 72.3 Å². The number of hydrogen-bond donors (Lipinski definition) is 1. The lowest BCUT2D eigenvalue weighted by atomic mass is 9.82. The van der Waals surface area contributed by atoms with Gasteiger partial charge in [0.15, 0.2) is 0 Å². The second-order valence-corrected chi connectivity index (χ2v) is 10.5. The third-order valence-electron chi connectivity index (χ3n) is 8.93. The molecule has 0 fully saturated rings. The Bertz CT molecular complexity index is 1200. The topological polar surface area (TPSA) is 53.7 Å². The van der Waals surface area contributed by atoms with Crippen LogP contribution in [0, 0.1) is 83.1 Å². The summed E-state index contributed by atoms with van der Waals surface area (Å²) >= 11 is 0. The first-order chi connectivity index (χ1) is 17.7. The Labute approximate surface area is 261 Å². The molecular formula is C38H65NO3. The fourth-order valence-electron chi connectivity index (χ4n) is 5.80. The van der Waals surface area contributed by atoms with Gasteiger partial charge in [0.1, 0.15) is 17.2 Å². The van der Waals surface area contributed by atoms with Crippen molar-refractivity contribution in [3.8, 4) is 28.4 Å². The molecule has 0 unspecified atom stereocenters. The molecule has 42 heavy (non-hydrogen) atoms. The molecule has 0 saturated heterocycles. The Morgan fingerprint density at radius 1 is 0.357 bits per heavy atom. The highest BCUT2D eigenvalue weighted by Gasteiger charge is 2.22. The molecule has 4 heteroatoms. The summed E-state index contributed by atoms with van der Waals surface area (Å²) in [6, 6.07) is 0.